The SMILES string of the molecule is CNC(=O)c1c(-c2ccc(C)cc2)oc2cc(N(CCCc3ccccc3)S(C)(=O)=O)c(-c3ccccc3)cc12. The molecule has 0 bridgehead atoms. The van der Waals surface area contributed by atoms with Gasteiger partial charge in [0.1, 0.15) is 11.3 Å². The van der Waals surface area contributed by atoms with Gasteiger partial charge in [-0.25, -0.2) is 8.42 Å². The molecular weight excluding hydrogens is 520 g/mol. The number of fused-ring (bicyclic) bond motifs is 1. The van der Waals surface area contributed by atoms with E-state index >= 15 is 0 Å². The van der Waals surface area contributed by atoms with Gasteiger partial charge in [-0.1, -0.05) is 90.5 Å². The van der Waals surface area contributed by atoms with Gasteiger partial charge >= 0.3 is 0 Å². The van der Waals surface area contributed by atoms with Crippen molar-refractivity contribution in [2.24, 2.45) is 0 Å². The van der Waals surface area contributed by atoms with E-state index in [1.165, 1.54) is 10.6 Å². The molecule has 0 unspecified atom stereocenters. The Morgan fingerprint density at radius 2 is 1.52 bits per heavy atom. The summed E-state index contributed by atoms with van der Waals surface area (Å²) in [5, 5.41) is 3.36. The first-order valence-corrected chi connectivity index (χ1v) is 15.1. The highest BCUT2D eigenvalue weighted by Gasteiger charge is 2.27. The molecule has 6 nitrogen and oxygen atoms in total. The van der Waals surface area contributed by atoms with Crippen molar-refractivity contribution >= 4 is 32.6 Å². The topological polar surface area (TPSA) is 79.6 Å². The molecule has 0 fully saturated rings. The van der Waals surface area contributed by atoms with Crippen molar-refractivity contribution in [2.45, 2.75) is 19.8 Å². The van der Waals surface area contributed by atoms with Crippen LogP contribution < -0.4 is 9.62 Å². The number of benzene rings is 4. The maximum absolute atomic E-state index is 13.2. The van der Waals surface area contributed by atoms with E-state index in [4.69, 9.17) is 4.42 Å². The molecule has 1 heterocycles. The molecule has 40 heavy (non-hydrogen) atoms. The highest BCUT2D eigenvalue weighted by molar-refractivity contribution is 7.92. The average Bonchev–Trinajstić information content (AvgIpc) is 3.33. The van der Waals surface area contributed by atoms with Gasteiger partial charge in [-0.3, -0.25) is 9.10 Å². The maximum atomic E-state index is 13.2. The lowest BCUT2D eigenvalue weighted by Gasteiger charge is -2.25. The summed E-state index contributed by atoms with van der Waals surface area (Å²) in [5.41, 5.74) is 5.94. The molecule has 0 saturated heterocycles. The first kappa shape index (κ1) is 27.2. The Bertz CT molecular complexity index is 1740. The fourth-order valence-electron chi connectivity index (χ4n) is 4.98. The summed E-state index contributed by atoms with van der Waals surface area (Å²) in [6.07, 6.45) is 2.61. The number of carbonyl (C=O) groups excluding carboxylic acids is 1. The number of anilines is 1. The van der Waals surface area contributed by atoms with Gasteiger partial charge in [0.05, 0.1) is 17.5 Å². The van der Waals surface area contributed by atoms with Gasteiger partial charge in [-0.2, -0.15) is 0 Å². The predicted octanol–water partition coefficient (Wildman–Crippen LogP) is 6.83. The van der Waals surface area contributed by atoms with Crippen LogP contribution in [-0.4, -0.2) is 34.2 Å². The van der Waals surface area contributed by atoms with Crippen molar-refractivity contribution in [3.63, 3.8) is 0 Å². The number of sulfonamides is 1. The minimum absolute atomic E-state index is 0.274. The molecule has 1 amide bonds. The summed E-state index contributed by atoms with van der Waals surface area (Å²) in [5.74, 6) is 0.171. The van der Waals surface area contributed by atoms with Crippen LogP contribution in [-0.2, 0) is 16.4 Å². The van der Waals surface area contributed by atoms with Gasteiger partial charge in [-0.05, 0) is 37.0 Å². The van der Waals surface area contributed by atoms with Crippen molar-refractivity contribution < 1.29 is 17.6 Å². The number of hydrogen-bond donors (Lipinski definition) is 1. The molecule has 0 radical (unpaired) electrons. The number of hydrogen-bond acceptors (Lipinski definition) is 4. The zero-order valence-electron chi connectivity index (χ0n) is 22.8. The largest absolute Gasteiger partial charge is 0.455 e. The number of nitrogens with one attached hydrogen (secondary N) is 1. The van der Waals surface area contributed by atoms with Crippen LogP contribution in [0, 0.1) is 6.92 Å². The molecular formula is C33H32N2O4S. The summed E-state index contributed by atoms with van der Waals surface area (Å²) < 4.78 is 34.2. The van der Waals surface area contributed by atoms with E-state index in [1.54, 1.807) is 13.1 Å². The third-order valence-electron chi connectivity index (χ3n) is 7.00. The maximum Gasteiger partial charge on any atom is 0.255 e. The summed E-state index contributed by atoms with van der Waals surface area (Å²) in [7, 11) is -2.05. The van der Waals surface area contributed by atoms with E-state index in [0.717, 1.165) is 28.7 Å². The zero-order valence-corrected chi connectivity index (χ0v) is 23.7. The van der Waals surface area contributed by atoms with Crippen molar-refractivity contribution in [3.8, 4) is 22.5 Å². The predicted molar refractivity (Wildman–Crippen MR) is 162 cm³/mol. The van der Waals surface area contributed by atoms with Crippen LogP contribution in [0.4, 0.5) is 5.69 Å². The second-order valence-corrected chi connectivity index (χ2v) is 11.8. The molecule has 0 saturated carbocycles. The van der Waals surface area contributed by atoms with Crippen molar-refractivity contribution in [2.75, 3.05) is 24.2 Å². The van der Waals surface area contributed by atoms with E-state index in [9.17, 15) is 13.2 Å². The molecule has 0 aliphatic carbocycles. The summed E-state index contributed by atoms with van der Waals surface area (Å²) in [4.78, 5) is 13.2. The van der Waals surface area contributed by atoms with E-state index in [-0.39, 0.29) is 5.91 Å². The van der Waals surface area contributed by atoms with Gasteiger partial charge in [0, 0.05) is 36.2 Å². The second-order valence-electron chi connectivity index (χ2n) is 9.91. The lowest BCUT2D eigenvalue weighted by Crippen LogP contribution is -2.31. The fraction of sp³-hybridized carbons (Fsp3) is 0.182. The third-order valence-corrected chi connectivity index (χ3v) is 8.18. The lowest BCUT2D eigenvalue weighted by molar-refractivity contribution is 0.0964. The molecule has 1 N–H and O–H groups in total. The van der Waals surface area contributed by atoms with Gasteiger partial charge < -0.3 is 9.73 Å². The van der Waals surface area contributed by atoms with Crippen LogP contribution in [0.3, 0.4) is 0 Å². The van der Waals surface area contributed by atoms with E-state index < -0.39 is 10.0 Å². The van der Waals surface area contributed by atoms with Crippen molar-refractivity contribution in [1.82, 2.24) is 5.32 Å². The Labute approximate surface area is 235 Å². The molecule has 0 spiro atoms. The van der Waals surface area contributed by atoms with E-state index in [1.807, 2.05) is 97.9 Å². The van der Waals surface area contributed by atoms with Crippen LogP contribution in [0.1, 0.15) is 27.9 Å². The van der Waals surface area contributed by atoms with Crippen LogP contribution in [0.15, 0.2) is 101 Å². The molecule has 204 valence electrons. The molecule has 7 heteroatoms. The zero-order chi connectivity index (χ0) is 28.3. The Morgan fingerprint density at radius 1 is 0.875 bits per heavy atom. The van der Waals surface area contributed by atoms with Crippen LogP contribution in [0.5, 0.6) is 0 Å². The molecule has 5 aromatic rings. The van der Waals surface area contributed by atoms with Crippen LogP contribution in [0.2, 0.25) is 0 Å². The van der Waals surface area contributed by atoms with Crippen molar-refractivity contribution in [3.05, 3.63) is 114 Å². The molecule has 5 rings (SSSR count). The molecule has 0 aliphatic heterocycles. The number of furan rings is 1. The summed E-state index contributed by atoms with van der Waals surface area (Å²) >= 11 is 0. The Hall–Kier alpha value is -4.36. The fourth-order valence-corrected chi connectivity index (χ4v) is 5.95. The standard InChI is InChI=1S/C33H32N2O4S/c1-23-16-18-26(19-17-23)32-31(33(36)34-2)28-21-27(25-14-8-5-9-15-25)29(22-30(28)39-32)35(40(3,37)38)20-10-13-24-11-6-4-7-12-24/h4-9,11-12,14-19,21-22H,10,13,20H2,1-3H3,(H,34,36). The number of rotatable bonds is 9. The molecule has 4 aromatic carbocycles. The highest BCUT2D eigenvalue weighted by atomic mass is 32.2. The smallest absolute Gasteiger partial charge is 0.255 e. The Kier molecular flexibility index (Phi) is 7.76. The Morgan fingerprint density at radius 3 is 2.15 bits per heavy atom. The summed E-state index contributed by atoms with van der Waals surface area (Å²) in [6, 6.07) is 31.1. The third kappa shape index (κ3) is 5.65. The normalized spacial score (nSPS) is 11.5. The van der Waals surface area contributed by atoms with E-state index in [2.05, 4.69) is 5.32 Å². The lowest BCUT2D eigenvalue weighted by atomic mass is 9.98. The number of aryl methyl sites for hydroxylation is 2. The number of nitrogens with zero attached hydrogens (tertiary/aromatic N) is 1. The quantitative estimate of drug-likeness (QED) is 0.217. The van der Waals surface area contributed by atoms with E-state index in [0.29, 0.717) is 46.5 Å². The molecule has 0 aliphatic rings. The monoisotopic (exact) mass is 552 g/mol. The minimum Gasteiger partial charge on any atom is -0.455 e. The first-order chi connectivity index (χ1) is 19.3. The average molecular weight is 553 g/mol. The van der Waals surface area contributed by atoms with Gasteiger partial charge in [-0.15, -0.1) is 0 Å². The molecule has 0 atom stereocenters. The Balaban J connectivity index is 1.69. The highest BCUT2D eigenvalue weighted by Crippen LogP contribution is 2.41. The number of amides is 1. The van der Waals surface area contributed by atoms with Crippen molar-refractivity contribution in [1.29, 1.82) is 0 Å². The molecule has 1 aromatic heterocycles. The summed E-state index contributed by atoms with van der Waals surface area (Å²) in [6.45, 7) is 2.30. The van der Waals surface area contributed by atoms with Crippen LogP contribution >= 0.6 is 0 Å². The first-order valence-electron chi connectivity index (χ1n) is 13.2. The minimum atomic E-state index is -3.64. The van der Waals surface area contributed by atoms with Gasteiger partial charge in [0.15, 0.2) is 0 Å². The second kappa shape index (κ2) is 11.4. The number of carbonyl (C=O) groups is 1. The van der Waals surface area contributed by atoms with Crippen LogP contribution in [0.25, 0.3) is 33.4 Å². The van der Waals surface area contributed by atoms with Gasteiger partial charge in [0.2, 0.25) is 10.0 Å². The van der Waals surface area contributed by atoms with Gasteiger partial charge in [0.25, 0.3) is 5.91 Å².